The summed E-state index contributed by atoms with van der Waals surface area (Å²) in [5.74, 6) is 4.43. The minimum atomic E-state index is -3.15. The Bertz CT molecular complexity index is 538. The maximum absolute atomic E-state index is 12.4. The van der Waals surface area contributed by atoms with Gasteiger partial charge >= 0.3 is 0 Å². The van der Waals surface area contributed by atoms with Crippen molar-refractivity contribution in [2.75, 3.05) is 57.0 Å². The van der Waals surface area contributed by atoms with E-state index >= 15 is 0 Å². The normalized spacial score (nSPS) is 28.4. The molecule has 0 aromatic carbocycles. The van der Waals surface area contributed by atoms with Crippen molar-refractivity contribution in [3.05, 3.63) is 0 Å². The zero-order valence-electron chi connectivity index (χ0n) is 15.0. The highest BCUT2D eigenvalue weighted by Gasteiger charge is 2.35. The largest absolute Gasteiger partial charge is 0.355 e. The van der Waals surface area contributed by atoms with Crippen LogP contribution in [0.1, 0.15) is 25.7 Å². The monoisotopic (exact) mass is 502 g/mol. The van der Waals surface area contributed by atoms with Gasteiger partial charge in [-0.25, -0.2) is 12.7 Å². The van der Waals surface area contributed by atoms with Crippen molar-refractivity contribution in [3.8, 4) is 0 Å². The molecule has 2 atom stereocenters. The molecule has 0 radical (unpaired) electrons. The molecule has 2 unspecified atom stereocenters. The van der Waals surface area contributed by atoms with Gasteiger partial charge < -0.3 is 10.2 Å². The second-order valence-electron chi connectivity index (χ2n) is 7.01. The van der Waals surface area contributed by atoms with E-state index in [1.807, 2.05) is 11.8 Å². The molecule has 146 valence electrons. The highest BCUT2D eigenvalue weighted by atomic mass is 127. The number of thioether (sulfide) groups is 1. The van der Waals surface area contributed by atoms with E-state index in [2.05, 4.69) is 15.2 Å². The number of halogens is 1. The Morgan fingerprint density at radius 2 is 1.76 bits per heavy atom. The van der Waals surface area contributed by atoms with Crippen LogP contribution in [0.3, 0.4) is 0 Å². The van der Waals surface area contributed by atoms with Gasteiger partial charge in [0.15, 0.2) is 5.96 Å². The summed E-state index contributed by atoms with van der Waals surface area (Å²) in [6, 6.07) is 0. The number of sulfonamides is 1. The molecule has 0 amide bonds. The third kappa shape index (κ3) is 5.62. The predicted octanol–water partition coefficient (Wildman–Crippen LogP) is 1.68. The van der Waals surface area contributed by atoms with Gasteiger partial charge in [0, 0.05) is 51.3 Å². The Hall–Kier alpha value is 0.260. The van der Waals surface area contributed by atoms with E-state index < -0.39 is 10.0 Å². The maximum Gasteiger partial charge on any atom is 0.215 e. The molecule has 1 N–H and O–H groups in total. The van der Waals surface area contributed by atoms with Crippen LogP contribution in [-0.2, 0) is 10.0 Å². The average Bonchev–Trinajstić information content (AvgIpc) is 3.03. The molecule has 0 aromatic rings. The molecule has 0 spiro atoms. The van der Waals surface area contributed by atoms with Crippen LogP contribution < -0.4 is 5.32 Å². The molecule has 3 aliphatic rings. The SMILES string of the molecule is CN=C(NCCS(=O)(=O)N1CCSCC1)N1CC2CCCCC2C1.I. The topological polar surface area (TPSA) is 65.0 Å². The van der Waals surface area contributed by atoms with E-state index in [1.165, 1.54) is 25.7 Å². The first-order valence-electron chi connectivity index (χ1n) is 9.11. The van der Waals surface area contributed by atoms with E-state index in [4.69, 9.17) is 0 Å². The highest BCUT2D eigenvalue weighted by Crippen LogP contribution is 2.35. The molecule has 1 aliphatic carbocycles. The predicted molar refractivity (Wildman–Crippen MR) is 116 cm³/mol. The number of hydrogen-bond donors (Lipinski definition) is 1. The summed E-state index contributed by atoms with van der Waals surface area (Å²) in [4.78, 5) is 6.70. The number of rotatable bonds is 4. The Balaban J connectivity index is 0.00000225. The molecule has 2 aliphatic heterocycles. The minimum absolute atomic E-state index is 0. The fraction of sp³-hybridized carbons (Fsp3) is 0.938. The molecule has 9 heteroatoms. The first-order chi connectivity index (χ1) is 11.6. The van der Waals surface area contributed by atoms with E-state index in [0.717, 1.165) is 42.4 Å². The molecule has 0 aromatic heterocycles. The lowest BCUT2D eigenvalue weighted by Crippen LogP contribution is -2.45. The summed E-state index contributed by atoms with van der Waals surface area (Å²) < 4.78 is 26.4. The van der Waals surface area contributed by atoms with Gasteiger partial charge in [-0.15, -0.1) is 24.0 Å². The standard InChI is InChI=1S/C16H30N4O2S2.HI/c1-17-16(19-12-14-4-2-3-5-15(14)13-19)18-6-11-24(21,22)20-7-9-23-10-8-20;/h14-15H,2-13H2,1H3,(H,17,18);1H. The van der Waals surface area contributed by atoms with Crippen molar-refractivity contribution < 1.29 is 8.42 Å². The second kappa shape index (κ2) is 9.98. The Morgan fingerprint density at radius 3 is 2.32 bits per heavy atom. The second-order valence-corrected chi connectivity index (χ2v) is 10.3. The number of aliphatic imine (C=N–C) groups is 1. The van der Waals surface area contributed by atoms with Crippen LogP contribution in [0.2, 0.25) is 0 Å². The number of nitrogens with one attached hydrogen (secondary N) is 1. The summed E-state index contributed by atoms with van der Waals surface area (Å²) in [6.45, 7) is 3.87. The van der Waals surface area contributed by atoms with Crippen LogP contribution >= 0.6 is 35.7 Å². The molecule has 3 fully saturated rings. The fourth-order valence-corrected chi connectivity index (χ4v) is 6.65. The van der Waals surface area contributed by atoms with Gasteiger partial charge in [0.2, 0.25) is 10.0 Å². The third-order valence-electron chi connectivity index (χ3n) is 5.49. The van der Waals surface area contributed by atoms with Crippen LogP contribution in [-0.4, -0.2) is 80.6 Å². The highest BCUT2D eigenvalue weighted by molar-refractivity contribution is 14.0. The van der Waals surface area contributed by atoms with Gasteiger partial charge in [-0.3, -0.25) is 4.99 Å². The molecular weight excluding hydrogens is 471 g/mol. The van der Waals surface area contributed by atoms with Crippen LogP contribution in [0.4, 0.5) is 0 Å². The molecule has 0 bridgehead atoms. The quantitative estimate of drug-likeness (QED) is 0.360. The van der Waals surface area contributed by atoms with Crippen LogP contribution in [0.25, 0.3) is 0 Å². The molecular formula is C16H31IN4O2S2. The number of nitrogens with zero attached hydrogens (tertiary/aromatic N) is 3. The average molecular weight is 502 g/mol. The van der Waals surface area contributed by atoms with E-state index in [9.17, 15) is 8.42 Å². The van der Waals surface area contributed by atoms with Gasteiger partial charge in [-0.1, -0.05) is 12.8 Å². The van der Waals surface area contributed by atoms with E-state index in [0.29, 0.717) is 19.6 Å². The van der Waals surface area contributed by atoms with Gasteiger partial charge in [-0.2, -0.15) is 11.8 Å². The van der Waals surface area contributed by atoms with E-state index in [1.54, 1.807) is 11.4 Å². The first-order valence-corrected chi connectivity index (χ1v) is 11.9. The van der Waals surface area contributed by atoms with Crippen LogP contribution in [0.15, 0.2) is 4.99 Å². The lowest BCUT2D eigenvalue weighted by molar-refractivity contribution is 0.299. The Morgan fingerprint density at radius 1 is 1.16 bits per heavy atom. The molecule has 2 saturated heterocycles. The van der Waals surface area contributed by atoms with Gasteiger partial charge in [0.05, 0.1) is 5.75 Å². The lowest BCUT2D eigenvalue weighted by atomic mass is 9.82. The van der Waals surface area contributed by atoms with Crippen molar-refractivity contribution in [1.82, 2.24) is 14.5 Å². The minimum Gasteiger partial charge on any atom is -0.355 e. The van der Waals surface area contributed by atoms with Crippen molar-refractivity contribution >= 4 is 51.7 Å². The van der Waals surface area contributed by atoms with Crippen molar-refractivity contribution in [3.63, 3.8) is 0 Å². The first kappa shape index (κ1) is 21.6. The Labute approximate surface area is 173 Å². The van der Waals surface area contributed by atoms with Gasteiger partial charge in [-0.05, 0) is 24.7 Å². The van der Waals surface area contributed by atoms with E-state index in [-0.39, 0.29) is 29.7 Å². The fourth-order valence-electron chi connectivity index (χ4n) is 4.16. The molecule has 6 nitrogen and oxygen atoms in total. The number of hydrogen-bond acceptors (Lipinski definition) is 4. The van der Waals surface area contributed by atoms with Crippen molar-refractivity contribution in [2.24, 2.45) is 16.8 Å². The summed E-state index contributed by atoms with van der Waals surface area (Å²) >= 11 is 1.83. The Kier molecular flexibility index (Phi) is 8.61. The molecule has 1 saturated carbocycles. The summed E-state index contributed by atoms with van der Waals surface area (Å²) in [5, 5.41) is 3.28. The van der Waals surface area contributed by atoms with Crippen molar-refractivity contribution in [1.29, 1.82) is 0 Å². The smallest absolute Gasteiger partial charge is 0.215 e. The number of fused-ring (bicyclic) bond motifs is 1. The van der Waals surface area contributed by atoms with Crippen LogP contribution in [0.5, 0.6) is 0 Å². The van der Waals surface area contributed by atoms with Crippen LogP contribution in [0, 0.1) is 11.8 Å². The van der Waals surface area contributed by atoms with Gasteiger partial charge in [0.25, 0.3) is 0 Å². The molecule has 3 rings (SSSR count). The summed E-state index contributed by atoms with van der Waals surface area (Å²) in [5.41, 5.74) is 0. The third-order valence-corrected chi connectivity index (χ3v) is 8.31. The maximum atomic E-state index is 12.4. The van der Waals surface area contributed by atoms with Gasteiger partial charge in [0.1, 0.15) is 0 Å². The molecule has 25 heavy (non-hydrogen) atoms. The molecule has 2 heterocycles. The number of guanidine groups is 1. The van der Waals surface area contributed by atoms with Crippen molar-refractivity contribution in [2.45, 2.75) is 25.7 Å². The summed E-state index contributed by atoms with van der Waals surface area (Å²) in [7, 11) is -1.36. The summed E-state index contributed by atoms with van der Waals surface area (Å²) in [6.07, 6.45) is 5.37. The number of likely N-dealkylation sites (tertiary alicyclic amines) is 1. The zero-order chi connectivity index (χ0) is 17.0. The zero-order valence-corrected chi connectivity index (χ0v) is 19.0. The lowest BCUT2D eigenvalue weighted by Gasteiger charge is -2.26.